The largest absolute Gasteiger partial charge is 0.497 e. The van der Waals surface area contributed by atoms with Crippen molar-refractivity contribution < 1.29 is 26.3 Å². The van der Waals surface area contributed by atoms with Crippen LogP contribution in [0.1, 0.15) is 58.4 Å². The minimum absolute atomic E-state index is 0.149. The van der Waals surface area contributed by atoms with Gasteiger partial charge < -0.3 is 9.47 Å². The van der Waals surface area contributed by atoms with Gasteiger partial charge in [-0.05, 0) is 65.3 Å². The van der Waals surface area contributed by atoms with E-state index in [0.717, 1.165) is 11.1 Å². The van der Waals surface area contributed by atoms with Crippen LogP contribution in [-0.2, 0) is 30.9 Å². The van der Waals surface area contributed by atoms with Gasteiger partial charge in [0.25, 0.3) is 20.0 Å². The maximum atomic E-state index is 14.3. The third-order valence-corrected chi connectivity index (χ3v) is 11.3. The lowest BCUT2D eigenvalue weighted by Crippen LogP contribution is -2.38. The number of benzene rings is 3. The van der Waals surface area contributed by atoms with Gasteiger partial charge in [-0.25, -0.2) is 4.68 Å². The molecule has 0 radical (unpaired) electrons. The standard InChI is InChI=1S/C31H38N4O6S2/c1-21-29(32-33-34(21)27-20-24(40-8)14-19-28(27)41-9)35(42(36,37)25-15-10-22(11-16-25)30(2,3)4)43(38,39)26-17-12-23(13-18-26)31(5,6)7/h10-20H,1-9H3. The van der Waals surface area contributed by atoms with Crippen molar-refractivity contribution in [3.8, 4) is 17.2 Å². The molecule has 0 aliphatic carbocycles. The van der Waals surface area contributed by atoms with E-state index >= 15 is 0 Å². The number of rotatable bonds is 8. The highest BCUT2D eigenvalue weighted by molar-refractivity contribution is 8.10. The van der Waals surface area contributed by atoms with Crippen molar-refractivity contribution in [3.05, 3.63) is 83.6 Å². The number of methoxy groups -OCH3 is 2. The van der Waals surface area contributed by atoms with Crippen LogP contribution >= 0.6 is 0 Å². The van der Waals surface area contributed by atoms with Gasteiger partial charge in [-0.1, -0.05) is 71.0 Å². The first-order valence-corrected chi connectivity index (χ1v) is 16.5. The van der Waals surface area contributed by atoms with E-state index in [9.17, 15) is 16.8 Å². The average Bonchev–Trinajstić information content (AvgIpc) is 3.31. The molecule has 0 N–H and O–H groups in total. The third kappa shape index (κ3) is 6.12. The quantitative estimate of drug-likeness (QED) is 0.242. The molecule has 0 spiro atoms. The van der Waals surface area contributed by atoms with E-state index < -0.39 is 20.0 Å². The van der Waals surface area contributed by atoms with Crippen LogP contribution in [0.15, 0.2) is 76.5 Å². The molecule has 0 saturated carbocycles. The Kier molecular flexibility index (Phi) is 8.42. The fourth-order valence-corrected chi connectivity index (χ4v) is 8.17. The monoisotopic (exact) mass is 626 g/mol. The number of ether oxygens (including phenoxy) is 2. The normalized spacial score (nSPS) is 12.7. The number of sulfonamides is 2. The number of aromatic nitrogens is 3. The first kappa shape index (κ1) is 32.0. The van der Waals surface area contributed by atoms with Crippen LogP contribution in [0.25, 0.3) is 5.69 Å². The molecule has 0 atom stereocenters. The summed E-state index contributed by atoms with van der Waals surface area (Å²) >= 11 is 0. The van der Waals surface area contributed by atoms with Gasteiger partial charge in [0.1, 0.15) is 17.2 Å². The number of hydrogen-bond donors (Lipinski definition) is 0. The highest BCUT2D eigenvalue weighted by Gasteiger charge is 2.41. The van der Waals surface area contributed by atoms with Gasteiger partial charge in [0, 0.05) is 6.07 Å². The molecule has 230 valence electrons. The highest BCUT2D eigenvalue weighted by atomic mass is 32.3. The summed E-state index contributed by atoms with van der Waals surface area (Å²) in [6.45, 7) is 13.6. The molecule has 3 aromatic carbocycles. The molecule has 0 amide bonds. The SMILES string of the molecule is COc1ccc(OC)c(-n2nnc(N(S(=O)(=O)c3ccc(C(C)(C)C)cc3)S(=O)(=O)c3ccc(C(C)(C)C)cc3)c2C)c1. The van der Waals surface area contributed by atoms with Crippen molar-refractivity contribution in [1.82, 2.24) is 15.0 Å². The molecule has 0 bridgehead atoms. The van der Waals surface area contributed by atoms with Crippen molar-refractivity contribution in [3.63, 3.8) is 0 Å². The topological polar surface area (TPSA) is 121 Å². The van der Waals surface area contributed by atoms with Crippen LogP contribution in [0.2, 0.25) is 0 Å². The van der Waals surface area contributed by atoms with E-state index in [4.69, 9.17) is 9.47 Å². The van der Waals surface area contributed by atoms with Gasteiger partial charge in [0.05, 0.1) is 29.7 Å². The molecule has 0 unspecified atom stereocenters. The van der Waals surface area contributed by atoms with E-state index in [1.54, 1.807) is 42.5 Å². The number of anilines is 1. The van der Waals surface area contributed by atoms with Gasteiger partial charge in [0.15, 0.2) is 0 Å². The molecule has 43 heavy (non-hydrogen) atoms. The van der Waals surface area contributed by atoms with Crippen LogP contribution in [0.5, 0.6) is 11.5 Å². The molecular formula is C31H38N4O6S2. The van der Waals surface area contributed by atoms with Gasteiger partial charge in [-0.15, -0.1) is 8.81 Å². The van der Waals surface area contributed by atoms with Crippen LogP contribution in [-0.4, -0.2) is 46.0 Å². The van der Waals surface area contributed by atoms with E-state index in [1.165, 1.54) is 50.1 Å². The molecule has 1 heterocycles. The Labute approximate surface area is 254 Å². The summed E-state index contributed by atoms with van der Waals surface area (Å²) in [5, 5.41) is 8.26. The zero-order valence-corrected chi connectivity index (χ0v) is 27.5. The summed E-state index contributed by atoms with van der Waals surface area (Å²) in [6.07, 6.45) is 0. The number of hydrogen-bond acceptors (Lipinski definition) is 8. The molecule has 4 aromatic rings. The summed E-state index contributed by atoms with van der Waals surface area (Å²) in [4.78, 5) is -0.411. The Balaban J connectivity index is 1.96. The van der Waals surface area contributed by atoms with Crippen molar-refractivity contribution in [1.29, 1.82) is 0 Å². The summed E-state index contributed by atoms with van der Waals surface area (Å²) in [5.74, 6) is 0.514. The Morgan fingerprint density at radius 3 is 1.56 bits per heavy atom. The minimum atomic E-state index is -4.71. The maximum absolute atomic E-state index is 14.3. The molecule has 0 saturated heterocycles. The summed E-state index contributed by atoms with van der Waals surface area (Å²) in [7, 11) is -6.44. The summed E-state index contributed by atoms with van der Waals surface area (Å²) in [5.41, 5.74) is 1.85. The Morgan fingerprint density at radius 1 is 0.698 bits per heavy atom. The van der Waals surface area contributed by atoms with Crippen molar-refractivity contribution >= 4 is 25.9 Å². The first-order valence-electron chi connectivity index (χ1n) is 13.6. The van der Waals surface area contributed by atoms with E-state index in [-0.39, 0.29) is 32.1 Å². The molecule has 10 nitrogen and oxygen atoms in total. The van der Waals surface area contributed by atoms with E-state index in [1.807, 2.05) is 41.5 Å². The van der Waals surface area contributed by atoms with E-state index in [2.05, 4.69) is 10.3 Å². The zero-order chi connectivity index (χ0) is 32.0. The molecule has 12 heteroatoms. The molecule has 4 rings (SSSR count). The second-order valence-electron chi connectivity index (χ2n) is 12.2. The van der Waals surface area contributed by atoms with Gasteiger partial charge in [-0.2, -0.15) is 16.8 Å². The Hall–Kier alpha value is -3.90. The Bertz CT molecular complexity index is 1750. The molecule has 1 aromatic heterocycles. The first-order chi connectivity index (χ1) is 19.9. The van der Waals surface area contributed by atoms with Crippen molar-refractivity contribution in [2.24, 2.45) is 0 Å². The molecular weight excluding hydrogens is 588 g/mol. The maximum Gasteiger partial charge on any atom is 0.279 e. The lowest BCUT2D eigenvalue weighted by atomic mass is 9.87. The second kappa shape index (κ2) is 11.3. The summed E-state index contributed by atoms with van der Waals surface area (Å²) in [6, 6.07) is 17.3. The average molecular weight is 627 g/mol. The van der Waals surface area contributed by atoms with Crippen LogP contribution in [0, 0.1) is 6.92 Å². The van der Waals surface area contributed by atoms with Crippen LogP contribution in [0.3, 0.4) is 0 Å². The van der Waals surface area contributed by atoms with Crippen LogP contribution < -0.4 is 13.2 Å². The predicted octanol–water partition coefficient (Wildman–Crippen LogP) is 5.77. The number of nitrogens with zero attached hydrogens (tertiary/aromatic N) is 4. The second-order valence-corrected chi connectivity index (χ2v) is 16.0. The lowest BCUT2D eigenvalue weighted by Gasteiger charge is -2.24. The van der Waals surface area contributed by atoms with E-state index in [0.29, 0.717) is 20.9 Å². The Morgan fingerprint density at radius 2 is 1.16 bits per heavy atom. The van der Waals surface area contributed by atoms with Crippen molar-refractivity contribution in [2.45, 2.75) is 69.1 Å². The van der Waals surface area contributed by atoms with Crippen molar-refractivity contribution in [2.75, 3.05) is 17.9 Å². The summed E-state index contributed by atoms with van der Waals surface area (Å²) < 4.78 is 69.7. The highest BCUT2D eigenvalue weighted by Crippen LogP contribution is 2.36. The zero-order valence-electron chi connectivity index (χ0n) is 25.9. The third-order valence-electron chi connectivity index (χ3n) is 7.13. The van der Waals surface area contributed by atoms with Crippen LogP contribution in [0.4, 0.5) is 5.82 Å². The van der Waals surface area contributed by atoms with Gasteiger partial charge in [-0.3, -0.25) is 0 Å². The smallest absolute Gasteiger partial charge is 0.279 e. The molecule has 0 fully saturated rings. The fourth-order valence-electron chi connectivity index (χ4n) is 4.48. The van der Waals surface area contributed by atoms with Gasteiger partial charge in [0.2, 0.25) is 5.82 Å². The predicted molar refractivity (Wildman–Crippen MR) is 166 cm³/mol. The fraction of sp³-hybridized carbons (Fsp3) is 0.355. The molecule has 0 aliphatic rings. The minimum Gasteiger partial charge on any atom is -0.497 e. The molecule has 0 aliphatic heterocycles. The lowest BCUT2D eigenvalue weighted by molar-refractivity contribution is 0.400. The van der Waals surface area contributed by atoms with Gasteiger partial charge >= 0.3 is 0 Å².